The number of halogens is 1. The maximum atomic E-state index is 12.8. The van der Waals surface area contributed by atoms with Crippen molar-refractivity contribution in [3.05, 3.63) is 41.8 Å². The Bertz CT molecular complexity index is 709. The molecule has 0 aliphatic carbocycles. The van der Waals surface area contributed by atoms with Crippen molar-refractivity contribution in [2.75, 3.05) is 0 Å². The number of aromatic amines is 1. The van der Waals surface area contributed by atoms with E-state index >= 15 is 0 Å². The quantitative estimate of drug-likeness (QED) is 0.744. The number of benzene rings is 1. The second-order valence-electron chi connectivity index (χ2n) is 4.01. The molecule has 2 heterocycles. The molecule has 2 aromatic heterocycles. The summed E-state index contributed by atoms with van der Waals surface area (Å²) in [4.78, 5) is 8.41. The smallest absolute Gasteiger partial charge is 0.237 e. The Morgan fingerprint density at radius 2 is 2.05 bits per heavy atom. The molecule has 0 unspecified atom stereocenters. The van der Waals surface area contributed by atoms with Crippen LogP contribution in [0.3, 0.4) is 0 Å². The van der Waals surface area contributed by atoms with Crippen LogP contribution in [-0.4, -0.2) is 25.3 Å². The molecule has 0 atom stereocenters. The maximum Gasteiger partial charge on any atom is 0.237 e. The van der Waals surface area contributed by atoms with Gasteiger partial charge in [-0.2, -0.15) is 4.98 Å². The zero-order valence-corrected chi connectivity index (χ0v) is 11.3. The van der Waals surface area contributed by atoms with Gasteiger partial charge in [0.2, 0.25) is 16.9 Å². The van der Waals surface area contributed by atoms with Crippen LogP contribution in [0.2, 0.25) is 0 Å². The monoisotopic (exact) mass is 291 g/mol. The van der Waals surface area contributed by atoms with E-state index in [4.69, 9.17) is 4.52 Å². The molecule has 1 N–H and O–H groups in total. The van der Waals surface area contributed by atoms with E-state index in [-0.39, 0.29) is 5.82 Å². The zero-order chi connectivity index (χ0) is 13.9. The van der Waals surface area contributed by atoms with Crippen LogP contribution in [-0.2, 0) is 5.75 Å². The van der Waals surface area contributed by atoms with E-state index in [0.717, 1.165) is 5.82 Å². The molecule has 0 amide bonds. The molecule has 0 fully saturated rings. The van der Waals surface area contributed by atoms with E-state index in [0.29, 0.717) is 28.2 Å². The third-order valence-electron chi connectivity index (χ3n) is 2.47. The largest absolute Gasteiger partial charge is 0.338 e. The second-order valence-corrected chi connectivity index (χ2v) is 4.95. The number of rotatable bonds is 4. The van der Waals surface area contributed by atoms with Gasteiger partial charge in [0, 0.05) is 5.56 Å². The fourth-order valence-corrected chi connectivity index (χ4v) is 2.22. The van der Waals surface area contributed by atoms with Crippen molar-refractivity contribution in [2.24, 2.45) is 0 Å². The Balaban J connectivity index is 1.69. The van der Waals surface area contributed by atoms with Crippen LogP contribution in [0, 0.1) is 12.7 Å². The summed E-state index contributed by atoms with van der Waals surface area (Å²) in [6.45, 7) is 1.83. The molecule has 0 aliphatic rings. The number of thioether (sulfide) groups is 1. The van der Waals surface area contributed by atoms with E-state index in [1.54, 1.807) is 12.1 Å². The summed E-state index contributed by atoms with van der Waals surface area (Å²) in [7, 11) is 0. The molecule has 1 aromatic carbocycles. The van der Waals surface area contributed by atoms with Crippen LogP contribution in [0.15, 0.2) is 33.9 Å². The van der Waals surface area contributed by atoms with Gasteiger partial charge in [-0.05, 0) is 31.2 Å². The fourth-order valence-electron chi connectivity index (χ4n) is 1.54. The highest BCUT2D eigenvalue weighted by atomic mass is 32.2. The van der Waals surface area contributed by atoms with Gasteiger partial charge < -0.3 is 4.52 Å². The van der Waals surface area contributed by atoms with E-state index in [9.17, 15) is 4.39 Å². The molecule has 3 rings (SSSR count). The highest BCUT2D eigenvalue weighted by Gasteiger charge is 2.10. The van der Waals surface area contributed by atoms with Crippen LogP contribution >= 0.6 is 11.8 Å². The lowest BCUT2D eigenvalue weighted by Crippen LogP contribution is -1.84. The number of hydrogen-bond donors (Lipinski definition) is 1. The van der Waals surface area contributed by atoms with Crippen molar-refractivity contribution in [1.82, 2.24) is 25.3 Å². The molecule has 0 aliphatic heterocycles. The summed E-state index contributed by atoms with van der Waals surface area (Å²) >= 11 is 1.40. The molecule has 0 saturated heterocycles. The predicted octanol–water partition coefficient (Wildman–Crippen LogP) is 2.59. The fraction of sp³-hybridized carbons (Fsp3) is 0.167. The lowest BCUT2D eigenvalue weighted by atomic mass is 10.2. The van der Waals surface area contributed by atoms with Crippen LogP contribution in [0.25, 0.3) is 11.4 Å². The Morgan fingerprint density at radius 1 is 1.25 bits per heavy atom. The molecule has 3 aromatic rings. The molecule has 8 heteroatoms. The van der Waals surface area contributed by atoms with Crippen molar-refractivity contribution >= 4 is 11.8 Å². The zero-order valence-electron chi connectivity index (χ0n) is 10.5. The number of nitrogens with zero attached hydrogens (tertiary/aromatic N) is 4. The molecular formula is C12H10FN5OS. The summed E-state index contributed by atoms with van der Waals surface area (Å²) in [5, 5.41) is 11.2. The number of H-pyrrole nitrogens is 1. The van der Waals surface area contributed by atoms with Crippen molar-refractivity contribution < 1.29 is 8.91 Å². The van der Waals surface area contributed by atoms with E-state index in [2.05, 4.69) is 25.3 Å². The lowest BCUT2D eigenvalue weighted by Gasteiger charge is -1.92. The predicted molar refractivity (Wildman–Crippen MR) is 70.4 cm³/mol. The van der Waals surface area contributed by atoms with Crippen LogP contribution < -0.4 is 0 Å². The van der Waals surface area contributed by atoms with Gasteiger partial charge in [0.15, 0.2) is 0 Å². The Hall–Kier alpha value is -2.22. The van der Waals surface area contributed by atoms with Gasteiger partial charge in [-0.3, -0.25) is 5.10 Å². The van der Waals surface area contributed by atoms with Gasteiger partial charge in [0.1, 0.15) is 11.6 Å². The average Bonchev–Trinajstić information content (AvgIpc) is 3.06. The molecule has 102 valence electrons. The van der Waals surface area contributed by atoms with Crippen molar-refractivity contribution in [3.63, 3.8) is 0 Å². The van der Waals surface area contributed by atoms with Gasteiger partial charge in [-0.25, -0.2) is 9.37 Å². The topological polar surface area (TPSA) is 80.5 Å². The summed E-state index contributed by atoms with van der Waals surface area (Å²) in [6, 6.07) is 5.93. The first kappa shape index (κ1) is 12.8. The third kappa shape index (κ3) is 2.85. The highest BCUT2D eigenvalue weighted by Crippen LogP contribution is 2.21. The Labute approximate surface area is 117 Å². The van der Waals surface area contributed by atoms with E-state index in [1.807, 2.05) is 6.92 Å². The lowest BCUT2D eigenvalue weighted by molar-refractivity contribution is 0.391. The minimum atomic E-state index is -0.298. The summed E-state index contributed by atoms with van der Waals surface area (Å²) in [6.07, 6.45) is 0. The molecule has 0 spiro atoms. The Morgan fingerprint density at radius 3 is 2.75 bits per heavy atom. The summed E-state index contributed by atoms with van der Waals surface area (Å²) in [5.74, 6) is 1.84. The first-order chi connectivity index (χ1) is 9.70. The van der Waals surface area contributed by atoms with Gasteiger partial charge in [-0.1, -0.05) is 16.9 Å². The van der Waals surface area contributed by atoms with E-state index < -0.39 is 0 Å². The first-order valence-electron chi connectivity index (χ1n) is 5.81. The van der Waals surface area contributed by atoms with Gasteiger partial charge in [-0.15, -0.1) is 5.10 Å². The maximum absolute atomic E-state index is 12.8. The summed E-state index contributed by atoms with van der Waals surface area (Å²) < 4.78 is 18.0. The highest BCUT2D eigenvalue weighted by molar-refractivity contribution is 7.98. The first-order valence-corrected chi connectivity index (χ1v) is 6.79. The number of aryl methyl sites for hydroxylation is 1. The minimum absolute atomic E-state index is 0.298. The number of nitrogens with one attached hydrogen (secondary N) is 1. The van der Waals surface area contributed by atoms with Crippen molar-refractivity contribution in [2.45, 2.75) is 17.8 Å². The van der Waals surface area contributed by atoms with Crippen molar-refractivity contribution in [1.29, 1.82) is 0 Å². The van der Waals surface area contributed by atoms with Crippen molar-refractivity contribution in [3.8, 4) is 11.4 Å². The van der Waals surface area contributed by atoms with Crippen LogP contribution in [0.5, 0.6) is 0 Å². The normalized spacial score (nSPS) is 10.9. The molecule has 6 nitrogen and oxygen atoms in total. The average molecular weight is 291 g/mol. The molecule has 0 radical (unpaired) electrons. The van der Waals surface area contributed by atoms with Gasteiger partial charge in [0.05, 0.1) is 5.75 Å². The van der Waals surface area contributed by atoms with E-state index in [1.165, 1.54) is 23.9 Å². The standard InChI is InChI=1S/C12H10FN5OS/c1-7-14-12(17-16-7)20-6-10-15-11(18-19-10)8-2-4-9(13)5-3-8/h2-5H,6H2,1H3,(H,14,16,17). The minimum Gasteiger partial charge on any atom is -0.338 e. The molecule has 0 saturated carbocycles. The second kappa shape index (κ2) is 5.41. The SMILES string of the molecule is Cc1nc(SCc2nc(-c3ccc(F)cc3)no2)n[nH]1. The third-order valence-corrected chi connectivity index (χ3v) is 3.30. The summed E-state index contributed by atoms with van der Waals surface area (Å²) in [5.41, 5.74) is 0.708. The Kier molecular flexibility index (Phi) is 3.46. The van der Waals surface area contributed by atoms with Gasteiger partial charge in [0.25, 0.3) is 0 Å². The molecular weight excluding hydrogens is 281 g/mol. The molecule has 0 bridgehead atoms. The number of hydrogen-bond acceptors (Lipinski definition) is 6. The van der Waals surface area contributed by atoms with Crippen LogP contribution in [0.4, 0.5) is 4.39 Å². The number of aromatic nitrogens is 5. The van der Waals surface area contributed by atoms with Gasteiger partial charge >= 0.3 is 0 Å². The molecule has 20 heavy (non-hydrogen) atoms. The van der Waals surface area contributed by atoms with Crippen LogP contribution in [0.1, 0.15) is 11.7 Å².